The van der Waals surface area contributed by atoms with Gasteiger partial charge in [-0.3, -0.25) is 10.2 Å². The summed E-state index contributed by atoms with van der Waals surface area (Å²) in [5, 5.41) is 1.18. The van der Waals surface area contributed by atoms with Crippen LogP contribution < -0.4 is 5.43 Å². The van der Waals surface area contributed by atoms with E-state index in [1.54, 1.807) is 0 Å². The summed E-state index contributed by atoms with van der Waals surface area (Å²) in [6.45, 7) is 2.67. The van der Waals surface area contributed by atoms with Crippen LogP contribution in [0.3, 0.4) is 0 Å². The fourth-order valence-corrected chi connectivity index (χ4v) is 1.86. The second-order valence-electron chi connectivity index (χ2n) is 3.85. The van der Waals surface area contributed by atoms with Crippen LogP contribution in [0.15, 0.2) is 30.3 Å². The van der Waals surface area contributed by atoms with Gasteiger partial charge in [0.25, 0.3) is 5.91 Å². The molecule has 0 unspecified atom stereocenters. The number of carbonyl (C=O) groups is 1. The smallest absolute Gasteiger partial charge is 0.256 e. The van der Waals surface area contributed by atoms with E-state index in [1.165, 1.54) is 0 Å². The number of rotatable bonds is 3. The van der Waals surface area contributed by atoms with Crippen molar-refractivity contribution in [2.45, 2.75) is 5.38 Å². The quantitative estimate of drug-likeness (QED) is 0.828. The second-order valence-corrected chi connectivity index (χ2v) is 4.29. The van der Waals surface area contributed by atoms with E-state index in [0.29, 0.717) is 26.3 Å². The molecule has 0 aliphatic carbocycles. The molecule has 1 atom stereocenters. The molecule has 92 valence electrons. The Labute approximate surface area is 105 Å². The molecule has 1 fully saturated rings. The van der Waals surface area contributed by atoms with E-state index in [0.717, 1.165) is 5.56 Å². The summed E-state index contributed by atoms with van der Waals surface area (Å²) in [7, 11) is 0. The third kappa shape index (κ3) is 3.43. The summed E-state index contributed by atoms with van der Waals surface area (Å²) >= 11 is 6.11. The van der Waals surface area contributed by atoms with Crippen molar-refractivity contribution in [3.8, 4) is 0 Å². The monoisotopic (exact) mass is 254 g/mol. The van der Waals surface area contributed by atoms with Crippen LogP contribution in [0.25, 0.3) is 0 Å². The van der Waals surface area contributed by atoms with E-state index in [4.69, 9.17) is 16.3 Å². The molecular formula is C12H15ClN2O2. The van der Waals surface area contributed by atoms with Crippen LogP contribution in [0, 0.1) is 0 Å². The molecule has 0 bridgehead atoms. The second kappa shape index (κ2) is 6.00. The molecule has 1 amide bonds. The number of amides is 1. The Balaban J connectivity index is 1.91. The highest BCUT2D eigenvalue weighted by Crippen LogP contribution is 2.19. The molecule has 0 aromatic heterocycles. The first-order valence-electron chi connectivity index (χ1n) is 5.59. The van der Waals surface area contributed by atoms with Gasteiger partial charge in [-0.1, -0.05) is 30.3 Å². The molecular weight excluding hydrogens is 240 g/mol. The van der Waals surface area contributed by atoms with E-state index in [9.17, 15) is 4.79 Å². The third-order valence-electron chi connectivity index (χ3n) is 2.60. The Morgan fingerprint density at radius 1 is 1.29 bits per heavy atom. The predicted molar refractivity (Wildman–Crippen MR) is 65.6 cm³/mol. The molecule has 1 aliphatic heterocycles. The van der Waals surface area contributed by atoms with Gasteiger partial charge >= 0.3 is 0 Å². The number of nitrogens with one attached hydrogen (secondary N) is 1. The topological polar surface area (TPSA) is 41.6 Å². The van der Waals surface area contributed by atoms with Crippen molar-refractivity contribution in [2.75, 3.05) is 26.3 Å². The van der Waals surface area contributed by atoms with Crippen LogP contribution in [0.4, 0.5) is 0 Å². The number of ether oxygens (including phenoxy) is 1. The summed E-state index contributed by atoms with van der Waals surface area (Å²) < 4.78 is 5.20. The minimum Gasteiger partial charge on any atom is -0.379 e. The minimum atomic E-state index is -0.654. The lowest BCUT2D eigenvalue weighted by Crippen LogP contribution is -2.49. The van der Waals surface area contributed by atoms with Gasteiger partial charge in [-0.15, -0.1) is 11.6 Å². The predicted octanol–water partition coefficient (Wildman–Crippen LogP) is 1.33. The van der Waals surface area contributed by atoms with Crippen molar-refractivity contribution in [1.29, 1.82) is 0 Å². The van der Waals surface area contributed by atoms with Crippen LogP contribution in [0.1, 0.15) is 10.9 Å². The Kier molecular flexibility index (Phi) is 4.36. The van der Waals surface area contributed by atoms with Crippen molar-refractivity contribution in [1.82, 2.24) is 10.4 Å². The van der Waals surface area contributed by atoms with Gasteiger partial charge in [0.15, 0.2) is 0 Å². The standard InChI is InChI=1S/C12H15ClN2O2/c13-11(10-4-2-1-3-5-10)12(16)14-15-6-8-17-9-7-15/h1-5,11H,6-9H2,(H,14,16)/t11-/m0/s1. The number of halogens is 1. The zero-order valence-electron chi connectivity index (χ0n) is 9.43. The molecule has 1 N–H and O–H groups in total. The summed E-state index contributed by atoms with van der Waals surface area (Å²) in [6.07, 6.45) is 0. The molecule has 1 saturated heterocycles. The summed E-state index contributed by atoms with van der Waals surface area (Å²) in [5.74, 6) is -0.195. The molecule has 5 heteroatoms. The first-order chi connectivity index (χ1) is 8.27. The largest absolute Gasteiger partial charge is 0.379 e. The van der Waals surface area contributed by atoms with Crippen molar-refractivity contribution < 1.29 is 9.53 Å². The van der Waals surface area contributed by atoms with Gasteiger partial charge in [-0.05, 0) is 5.56 Å². The number of hydrogen-bond acceptors (Lipinski definition) is 3. The molecule has 17 heavy (non-hydrogen) atoms. The lowest BCUT2D eigenvalue weighted by molar-refractivity contribution is -0.127. The molecule has 1 heterocycles. The minimum absolute atomic E-state index is 0.195. The normalized spacial score (nSPS) is 18.6. The SMILES string of the molecule is O=C(NN1CCOCC1)[C@@H](Cl)c1ccccc1. The van der Waals surface area contributed by atoms with E-state index in [1.807, 2.05) is 35.3 Å². The average molecular weight is 255 g/mol. The molecule has 4 nitrogen and oxygen atoms in total. The van der Waals surface area contributed by atoms with Crippen LogP contribution in [-0.4, -0.2) is 37.2 Å². The summed E-state index contributed by atoms with van der Waals surface area (Å²) in [6, 6.07) is 9.32. The lowest BCUT2D eigenvalue weighted by atomic mass is 10.1. The highest BCUT2D eigenvalue weighted by atomic mass is 35.5. The van der Waals surface area contributed by atoms with Crippen molar-refractivity contribution in [3.63, 3.8) is 0 Å². The fourth-order valence-electron chi connectivity index (χ4n) is 1.66. The number of carbonyl (C=O) groups excluding carboxylic acids is 1. The van der Waals surface area contributed by atoms with Crippen molar-refractivity contribution >= 4 is 17.5 Å². The number of hydrazine groups is 1. The van der Waals surface area contributed by atoms with E-state index in [-0.39, 0.29) is 5.91 Å². The Bertz CT molecular complexity index is 366. The number of hydrogen-bond donors (Lipinski definition) is 1. The van der Waals surface area contributed by atoms with Gasteiger partial charge in [0.05, 0.1) is 13.2 Å². The van der Waals surface area contributed by atoms with Gasteiger partial charge in [-0.2, -0.15) is 0 Å². The van der Waals surface area contributed by atoms with E-state index in [2.05, 4.69) is 5.43 Å². The number of morpholine rings is 1. The average Bonchev–Trinajstić information content (AvgIpc) is 2.40. The zero-order valence-corrected chi connectivity index (χ0v) is 10.2. The van der Waals surface area contributed by atoms with Crippen molar-refractivity contribution in [3.05, 3.63) is 35.9 Å². The molecule has 0 spiro atoms. The highest BCUT2D eigenvalue weighted by molar-refractivity contribution is 6.30. The van der Waals surface area contributed by atoms with Gasteiger partial charge in [0.2, 0.25) is 0 Å². The van der Waals surface area contributed by atoms with Gasteiger partial charge in [0, 0.05) is 13.1 Å². The van der Waals surface area contributed by atoms with Crippen molar-refractivity contribution in [2.24, 2.45) is 0 Å². The zero-order chi connectivity index (χ0) is 12.1. The first kappa shape index (κ1) is 12.4. The number of alkyl halides is 1. The molecule has 2 rings (SSSR count). The van der Waals surface area contributed by atoms with Crippen LogP contribution in [0.2, 0.25) is 0 Å². The molecule has 1 aromatic rings. The highest BCUT2D eigenvalue weighted by Gasteiger charge is 2.20. The summed E-state index contributed by atoms with van der Waals surface area (Å²) in [4.78, 5) is 11.9. The number of nitrogens with zero attached hydrogens (tertiary/aromatic N) is 1. The van der Waals surface area contributed by atoms with Gasteiger partial charge in [0.1, 0.15) is 5.38 Å². The van der Waals surface area contributed by atoms with Gasteiger partial charge < -0.3 is 4.74 Å². The fraction of sp³-hybridized carbons (Fsp3) is 0.417. The number of benzene rings is 1. The van der Waals surface area contributed by atoms with E-state index < -0.39 is 5.38 Å². The van der Waals surface area contributed by atoms with E-state index >= 15 is 0 Å². The Hall–Kier alpha value is -1.10. The van der Waals surface area contributed by atoms with Crippen LogP contribution in [-0.2, 0) is 9.53 Å². The Morgan fingerprint density at radius 3 is 2.59 bits per heavy atom. The van der Waals surface area contributed by atoms with Crippen LogP contribution >= 0.6 is 11.6 Å². The molecule has 0 saturated carbocycles. The maximum absolute atomic E-state index is 11.9. The Morgan fingerprint density at radius 2 is 1.94 bits per heavy atom. The third-order valence-corrected chi connectivity index (χ3v) is 3.05. The molecule has 1 aromatic carbocycles. The lowest BCUT2D eigenvalue weighted by Gasteiger charge is -2.27. The molecule has 0 radical (unpaired) electrons. The molecule has 1 aliphatic rings. The summed E-state index contributed by atoms with van der Waals surface area (Å²) in [5.41, 5.74) is 3.61. The van der Waals surface area contributed by atoms with Crippen LogP contribution in [0.5, 0.6) is 0 Å². The first-order valence-corrected chi connectivity index (χ1v) is 6.03. The van der Waals surface area contributed by atoms with Gasteiger partial charge in [-0.25, -0.2) is 5.01 Å². The maximum atomic E-state index is 11.9. The maximum Gasteiger partial charge on any atom is 0.256 e.